The molecule has 0 amide bonds. The van der Waals surface area contributed by atoms with Crippen molar-refractivity contribution in [2.45, 2.75) is 38.1 Å². The maximum atomic E-state index is 5.77. The highest BCUT2D eigenvalue weighted by molar-refractivity contribution is 9.08. The van der Waals surface area contributed by atoms with Crippen molar-refractivity contribution in [2.75, 3.05) is 24.6 Å². The van der Waals surface area contributed by atoms with Crippen molar-refractivity contribution in [3.05, 3.63) is 29.3 Å². The van der Waals surface area contributed by atoms with Gasteiger partial charge in [0.2, 0.25) is 0 Å². The van der Waals surface area contributed by atoms with Crippen molar-refractivity contribution in [3.63, 3.8) is 0 Å². The molecule has 3 heteroatoms. The first-order valence-corrected chi connectivity index (χ1v) is 7.88. The maximum absolute atomic E-state index is 5.77. The molecule has 1 aromatic rings. The van der Waals surface area contributed by atoms with Crippen LogP contribution in [-0.4, -0.2) is 25.8 Å². The molecule has 1 saturated heterocycles. The van der Waals surface area contributed by atoms with Gasteiger partial charge in [0.1, 0.15) is 0 Å². The molecule has 1 aliphatic heterocycles. The van der Waals surface area contributed by atoms with Gasteiger partial charge in [-0.1, -0.05) is 28.1 Å². The molecule has 1 unspecified atom stereocenters. The quantitative estimate of drug-likeness (QED) is 0.782. The van der Waals surface area contributed by atoms with Crippen molar-refractivity contribution >= 4 is 21.6 Å². The van der Waals surface area contributed by atoms with E-state index in [0.29, 0.717) is 6.10 Å². The second kappa shape index (κ2) is 6.58. The molecule has 0 bridgehead atoms. The predicted molar refractivity (Wildman–Crippen MR) is 80.7 cm³/mol. The molecule has 0 aliphatic carbocycles. The van der Waals surface area contributed by atoms with E-state index in [2.05, 4.69) is 52.9 Å². The maximum Gasteiger partial charge on any atom is 0.0750 e. The normalized spacial score (nSPS) is 20.2. The van der Waals surface area contributed by atoms with E-state index in [1.54, 1.807) is 0 Å². The summed E-state index contributed by atoms with van der Waals surface area (Å²) in [6, 6.07) is 6.73. The molecule has 0 N–H and O–H groups in total. The summed E-state index contributed by atoms with van der Waals surface area (Å²) in [5.41, 5.74) is 4.07. The Morgan fingerprint density at radius 2 is 2.28 bits per heavy atom. The highest BCUT2D eigenvalue weighted by Gasteiger charge is 2.21. The van der Waals surface area contributed by atoms with E-state index in [0.717, 1.165) is 25.0 Å². The molecular formula is C15H22BrNO. The zero-order valence-electron chi connectivity index (χ0n) is 11.3. The first kappa shape index (κ1) is 13.9. The molecule has 0 saturated carbocycles. The number of piperidine rings is 1. The molecule has 1 aliphatic rings. The van der Waals surface area contributed by atoms with E-state index in [-0.39, 0.29) is 0 Å². The summed E-state index contributed by atoms with van der Waals surface area (Å²) in [7, 11) is 0. The summed E-state index contributed by atoms with van der Waals surface area (Å²) < 4.78 is 5.77. The average molecular weight is 312 g/mol. The Hall–Kier alpha value is -0.540. The lowest BCUT2D eigenvalue weighted by molar-refractivity contribution is 0.0526. The Morgan fingerprint density at radius 1 is 1.44 bits per heavy atom. The van der Waals surface area contributed by atoms with E-state index in [1.165, 1.54) is 29.7 Å². The molecule has 1 atom stereocenters. The minimum Gasteiger partial charge on any atom is -0.377 e. The van der Waals surface area contributed by atoms with Crippen LogP contribution in [-0.2, 0) is 10.1 Å². The van der Waals surface area contributed by atoms with Crippen molar-refractivity contribution in [2.24, 2.45) is 0 Å². The van der Waals surface area contributed by atoms with Crippen LogP contribution in [0.2, 0.25) is 0 Å². The third-order valence-electron chi connectivity index (χ3n) is 3.54. The second-order valence-corrected chi connectivity index (χ2v) is 5.48. The highest BCUT2D eigenvalue weighted by Crippen LogP contribution is 2.26. The largest absolute Gasteiger partial charge is 0.377 e. The van der Waals surface area contributed by atoms with Crippen LogP contribution in [0.25, 0.3) is 0 Å². The number of rotatable bonds is 4. The van der Waals surface area contributed by atoms with E-state index in [1.807, 2.05) is 0 Å². The fourth-order valence-electron chi connectivity index (χ4n) is 2.68. The Kier molecular flexibility index (Phi) is 5.07. The monoisotopic (exact) mass is 311 g/mol. The summed E-state index contributed by atoms with van der Waals surface area (Å²) >= 11 is 3.51. The zero-order valence-corrected chi connectivity index (χ0v) is 12.9. The van der Waals surface area contributed by atoms with Gasteiger partial charge in [0.25, 0.3) is 0 Å². The van der Waals surface area contributed by atoms with E-state index >= 15 is 0 Å². The van der Waals surface area contributed by atoms with Crippen molar-refractivity contribution in [3.8, 4) is 0 Å². The van der Waals surface area contributed by atoms with Gasteiger partial charge >= 0.3 is 0 Å². The minimum atomic E-state index is 0.402. The van der Waals surface area contributed by atoms with E-state index in [9.17, 15) is 0 Å². The van der Waals surface area contributed by atoms with Crippen molar-refractivity contribution in [1.29, 1.82) is 0 Å². The lowest BCUT2D eigenvalue weighted by Crippen LogP contribution is -2.40. The zero-order chi connectivity index (χ0) is 13.0. The highest BCUT2D eigenvalue weighted by atomic mass is 79.9. The van der Waals surface area contributed by atoms with Crippen LogP contribution in [0.3, 0.4) is 0 Å². The van der Waals surface area contributed by atoms with Crippen LogP contribution in [0.5, 0.6) is 0 Å². The molecule has 100 valence electrons. The summed E-state index contributed by atoms with van der Waals surface area (Å²) in [5.74, 6) is 0. The number of hydrogen-bond acceptors (Lipinski definition) is 2. The number of hydrogen-bond donors (Lipinski definition) is 0. The summed E-state index contributed by atoms with van der Waals surface area (Å²) in [4.78, 5) is 2.47. The molecule has 0 spiro atoms. The molecule has 2 nitrogen and oxygen atoms in total. The van der Waals surface area contributed by atoms with E-state index < -0.39 is 0 Å². The number of alkyl halides is 1. The molecule has 1 fully saturated rings. The number of benzene rings is 1. The molecule has 0 radical (unpaired) electrons. The van der Waals surface area contributed by atoms with Gasteiger partial charge in [0.05, 0.1) is 6.10 Å². The van der Waals surface area contributed by atoms with Gasteiger partial charge in [-0.3, -0.25) is 0 Å². The number of anilines is 1. The number of halogens is 1. The van der Waals surface area contributed by atoms with Gasteiger partial charge in [0, 0.05) is 30.7 Å². The Labute approximate surface area is 118 Å². The fraction of sp³-hybridized carbons (Fsp3) is 0.600. The summed E-state index contributed by atoms with van der Waals surface area (Å²) in [5, 5.41) is 0.926. The Balaban J connectivity index is 2.10. The van der Waals surface area contributed by atoms with Crippen LogP contribution in [0.1, 0.15) is 30.9 Å². The van der Waals surface area contributed by atoms with Crippen LogP contribution in [0, 0.1) is 6.92 Å². The van der Waals surface area contributed by atoms with Gasteiger partial charge in [-0.25, -0.2) is 0 Å². The van der Waals surface area contributed by atoms with Crippen molar-refractivity contribution in [1.82, 2.24) is 0 Å². The standard InChI is InChI=1S/C15H22BrNO/c1-3-18-14-5-4-8-17(11-14)15-7-6-13(10-16)9-12(15)2/h6-7,9,14H,3-5,8,10-11H2,1-2H3. The third-order valence-corrected chi connectivity index (χ3v) is 4.18. The van der Waals surface area contributed by atoms with Gasteiger partial charge in [-0.2, -0.15) is 0 Å². The minimum absolute atomic E-state index is 0.402. The second-order valence-electron chi connectivity index (χ2n) is 4.92. The topological polar surface area (TPSA) is 12.5 Å². The molecule has 18 heavy (non-hydrogen) atoms. The summed E-state index contributed by atoms with van der Waals surface area (Å²) in [6.07, 6.45) is 2.83. The molecular weight excluding hydrogens is 290 g/mol. The van der Waals surface area contributed by atoms with Crippen LogP contribution < -0.4 is 4.90 Å². The lowest BCUT2D eigenvalue weighted by atomic mass is 10.0. The van der Waals surface area contributed by atoms with E-state index in [4.69, 9.17) is 4.74 Å². The predicted octanol–water partition coefficient (Wildman–Crippen LogP) is 3.90. The Bertz CT molecular complexity index is 392. The first-order chi connectivity index (χ1) is 8.74. The van der Waals surface area contributed by atoms with Crippen LogP contribution in [0.15, 0.2) is 18.2 Å². The number of nitrogens with zero attached hydrogens (tertiary/aromatic N) is 1. The molecule has 1 aromatic carbocycles. The summed E-state index contributed by atoms with van der Waals surface area (Å²) in [6.45, 7) is 7.28. The smallest absolute Gasteiger partial charge is 0.0750 e. The van der Waals surface area contributed by atoms with Gasteiger partial charge in [-0.15, -0.1) is 0 Å². The fourth-order valence-corrected chi connectivity index (χ4v) is 3.03. The van der Waals surface area contributed by atoms with Gasteiger partial charge in [-0.05, 0) is 43.9 Å². The first-order valence-electron chi connectivity index (χ1n) is 6.76. The van der Waals surface area contributed by atoms with Gasteiger partial charge < -0.3 is 9.64 Å². The van der Waals surface area contributed by atoms with Crippen LogP contribution >= 0.6 is 15.9 Å². The Morgan fingerprint density at radius 3 is 2.94 bits per heavy atom. The molecule has 0 aromatic heterocycles. The van der Waals surface area contributed by atoms with Crippen LogP contribution in [0.4, 0.5) is 5.69 Å². The molecule has 1 heterocycles. The number of ether oxygens (including phenoxy) is 1. The van der Waals surface area contributed by atoms with Crippen molar-refractivity contribution < 1.29 is 4.74 Å². The molecule has 2 rings (SSSR count). The number of aryl methyl sites for hydroxylation is 1. The SMILES string of the molecule is CCOC1CCCN(c2ccc(CBr)cc2C)C1. The van der Waals surface area contributed by atoms with Gasteiger partial charge in [0.15, 0.2) is 0 Å². The lowest BCUT2D eigenvalue weighted by Gasteiger charge is -2.35. The third kappa shape index (κ3) is 3.27. The average Bonchev–Trinajstić information content (AvgIpc) is 2.39.